The molecule has 1 amide bonds. The molecule has 2 aromatic heterocycles. The molecule has 0 unspecified atom stereocenters. The first kappa shape index (κ1) is 18.1. The average molecular weight is 398 g/mol. The van der Waals surface area contributed by atoms with Crippen LogP contribution in [0.2, 0.25) is 0 Å². The molecule has 0 aliphatic carbocycles. The maximum atomic E-state index is 12.6. The summed E-state index contributed by atoms with van der Waals surface area (Å²) < 4.78 is 12.4. The summed E-state index contributed by atoms with van der Waals surface area (Å²) >= 11 is 1.22. The van der Waals surface area contributed by atoms with E-state index in [-0.39, 0.29) is 5.91 Å². The molecule has 1 aliphatic heterocycles. The zero-order valence-electron chi connectivity index (χ0n) is 15.0. The van der Waals surface area contributed by atoms with Crippen LogP contribution in [0, 0.1) is 0 Å². The Labute approximate surface area is 165 Å². The fraction of sp³-hybridized carbons (Fsp3) is 0.222. The van der Waals surface area contributed by atoms with Crippen LogP contribution in [0.15, 0.2) is 47.9 Å². The number of hydrogen-bond donors (Lipinski definition) is 2. The Hall–Kier alpha value is -3.27. The standard InChI is InChI=1S/C18H18N6O3S/c1-11(17(25)21-13-4-5-14-15(9-13)27-8-7-26-14)28-18-23-22-16(24(18)19)12-3-2-6-20-10-12/h2-6,9-11H,7-8,19H2,1H3,(H,21,25)/t11-/m1/s1. The average Bonchev–Trinajstić information content (AvgIpc) is 3.08. The Morgan fingerprint density at radius 2 is 2.07 bits per heavy atom. The number of hydrogen-bond acceptors (Lipinski definition) is 8. The number of benzene rings is 1. The van der Waals surface area contributed by atoms with Gasteiger partial charge in [0.25, 0.3) is 0 Å². The molecule has 0 spiro atoms. The van der Waals surface area contributed by atoms with Gasteiger partial charge in [-0.1, -0.05) is 11.8 Å². The second-order valence-electron chi connectivity index (χ2n) is 6.03. The normalized spacial score (nSPS) is 13.8. The predicted molar refractivity (Wildman–Crippen MR) is 105 cm³/mol. The molecule has 144 valence electrons. The number of amides is 1. The number of nitrogens with one attached hydrogen (secondary N) is 1. The number of thioether (sulfide) groups is 1. The van der Waals surface area contributed by atoms with E-state index in [9.17, 15) is 4.79 Å². The Balaban J connectivity index is 1.43. The third kappa shape index (κ3) is 3.72. The lowest BCUT2D eigenvalue weighted by Gasteiger charge is -2.19. The Morgan fingerprint density at radius 1 is 1.25 bits per heavy atom. The number of carbonyl (C=O) groups excluding carboxylic acids is 1. The molecule has 3 aromatic rings. The molecule has 3 N–H and O–H groups in total. The van der Waals surface area contributed by atoms with Crippen LogP contribution < -0.4 is 20.6 Å². The van der Waals surface area contributed by atoms with Crippen molar-refractivity contribution in [1.82, 2.24) is 19.9 Å². The Morgan fingerprint density at radius 3 is 2.86 bits per heavy atom. The van der Waals surface area contributed by atoms with E-state index >= 15 is 0 Å². The van der Waals surface area contributed by atoms with E-state index in [2.05, 4.69) is 20.5 Å². The van der Waals surface area contributed by atoms with E-state index < -0.39 is 5.25 Å². The number of nitrogens with two attached hydrogens (primary N) is 1. The molecule has 1 atom stereocenters. The number of nitrogens with zero attached hydrogens (tertiary/aromatic N) is 4. The van der Waals surface area contributed by atoms with Crippen LogP contribution in [0.25, 0.3) is 11.4 Å². The summed E-state index contributed by atoms with van der Waals surface area (Å²) in [6.45, 7) is 2.78. The molecule has 3 heterocycles. The minimum absolute atomic E-state index is 0.187. The van der Waals surface area contributed by atoms with Gasteiger partial charge in [-0.15, -0.1) is 10.2 Å². The molecule has 9 nitrogen and oxygen atoms in total. The summed E-state index contributed by atoms with van der Waals surface area (Å²) in [7, 11) is 0. The smallest absolute Gasteiger partial charge is 0.237 e. The summed E-state index contributed by atoms with van der Waals surface area (Å²) in [6.07, 6.45) is 3.32. The van der Waals surface area contributed by atoms with Gasteiger partial charge in [0.15, 0.2) is 17.3 Å². The minimum Gasteiger partial charge on any atom is -0.486 e. The SMILES string of the molecule is C[C@@H](Sc1nnc(-c2cccnc2)n1N)C(=O)Nc1ccc2c(c1)OCCO2. The van der Waals surface area contributed by atoms with Gasteiger partial charge in [-0.25, -0.2) is 4.68 Å². The first-order valence-corrected chi connectivity index (χ1v) is 9.48. The number of nitrogen functional groups attached to an aromatic ring is 1. The molecule has 1 aromatic carbocycles. The number of pyridine rings is 1. The zero-order chi connectivity index (χ0) is 19.5. The summed E-state index contributed by atoms with van der Waals surface area (Å²) in [5.41, 5.74) is 1.38. The van der Waals surface area contributed by atoms with Crippen molar-refractivity contribution in [3.05, 3.63) is 42.7 Å². The number of ether oxygens (including phenoxy) is 2. The van der Waals surface area contributed by atoms with Crippen LogP contribution in [0.5, 0.6) is 11.5 Å². The van der Waals surface area contributed by atoms with Gasteiger partial charge in [0.1, 0.15) is 13.2 Å². The minimum atomic E-state index is -0.443. The fourth-order valence-corrected chi connectivity index (χ4v) is 3.40. The molecule has 0 saturated heterocycles. The number of fused-ring (bicyclic) bond motifs is 1. The highest BCUT2D eigenvalue weighted by atomic mass is 32.2. The van der Waals surface area contributed by atoms with Crippen LogP contribution in [0.4, 0.5) is 5.69 Å². The number of anilines is 1. The van der Waals surface area contributed by atoms with Crippen molar-refractivity contribution in [3.8, 4) is 22.9 Å². The van der Waals surface area contributed by atoms with Crippen LogP contribution in [0.3, 0.4) is 0 Å². The van der Waals surface area contributed by atoms with E-state index in [1.165, 1.54) is 16.4 Å². The van der Waals surface area contributed by atoms with E-state index in [1.54, 1.807) is 43.6 Å². The first-order valence-electron chi connectivity index (χ1n) is 8.60. The second kappa shape index (κ2) is 7.77. The summed E-state index contributed by atoms with van der Waals surface area (Å²) in [5, 5.41) is 11.0. The third-order valence-corrected chi connectivity index (χ3v) is 5.10. The van der Waals surface area contributed by atoms with Crippen LogP contribution in [0.1, 0.15) is 6.92 Å². The lowest BCUT2D eigenvalue weighted by Crippen LogP contribution is -2.24. The molecule has 0 radical (unpaired) electrons. The van der Waals surface area contributed by atoms with Crippen LogP contribution in [-0.2, 0) is 4.79 Å². The van der Waals surface area contributed by atoms with Gasteiger partial charge >= 0.3 is 0 Å². The highest BCUT2D eigenvalue weighted by Crippen LogP contribution is 2.33. The molecule has 28 heavy (non-hydrogen) atoms. The zero-order valence-corrected chi connectivity index (χ0v) is 15.8. The molecule has 4 rings (SSSR count). The van der Waals surface area contributed by atoms with E-state index in [0.717, 1.165) is 5.56 Å². The molecular weight excluding hydrogens is 380 g/mol. The lowest BCUT2D eigenvalue weighted by atomic mass is 10.2. The van der Waals surface area contributed by atoms with Gasteiger partial charge in [-0.3, -0.25) is 9.78 Å². The highest BCUT2D eigenvalue weighted by molar-refractivity contribution is 8.00. The summed E-state index contributed by atoms with van der Waals surface area (Å²) in [6, 6.07) is 8.93. The number of aromatic nitrogens is 4. The molecule has 0 bridgehead atoms. The van der Waals surface area contributed by atoms with Gasteiger partial charge in [-0.2, -0.15) is 0 Å². The van der Waals surface area contributed by atoms with E-state index in [0.29, 0.717) is 41.4 Å². The van der Waals surface area contributed by atoms with E-state index in [4.69, 9.17) is 15.3 Å². The van der Waals surface area contributed by atoms with Crippen molar-refractivity contribution in [3.63, 3.8) is 0 Å². The summed E-state index contributed by atoms with van der Waals surface area (Å²) in [5.74, 6) is 7.68. The Bertz CT molecular complexity index is 994. The topological polar surface area (TPSA) is 117 Å². The third-order valence-electron chi connectivity index (χ3n) is 4.05. The van der Waals surface area contributed by atoms with Crippen molar-refractivity contribution in [2.45, 2.75) is 17.3 Å². The van der Waals surface area contributed by atoms with Crippen molar-refractivity contribution in [2.24, 2.45) is 0 Å². The molecular formula is C18H18N6O3S. The Kier molecular flexibility index (Phi) is 5.02. The van der Waals surface area contributed by atoms with Crippen LogP contribution >= 0.6 is 11.8 Å². The highest BCUT2D eigenvalue weighted by Gasteiger charge is 2.21. The predicted octanol–water partition coefficient (Wildman–Crippen LogP) is 1.94. The molecule has 0 saturated carbocycles. The maximum absolute atomic E-state index is 12.6. The molecule has 0 fully saturated rings. The van der Waals surface area contributed by atoms with Crippen molar-refractivity contribution >= 4 is 23.4 Å². The van der Waals surface area contributed by atoms with Gasteiger partial charge in [0.2, 0.25) is 11.1 Å². The van der Waals surface area contributed by atoms with E-state index in [1.807, 2.05) is 6.07 Å². The van der Waals surface area contributed by atoms with Gasteiger partial charge in [0, 0.05) is 29.7 Å². The van der Waals surface area contributed by atoms with Gasteiger partial charge < -0.3 is 20.6 Å². The second-order valence-corrected chi connectivity index (χ2v) is 7.33. The van der Waals surface area contributed by atoms with Crippen molar-refractivity contribution in [1.29, 1.82) is 0 Å². The van der Waals surface area contributed by atoms with Crippen molar-refractivity contribution < 1.29 is 14.3 Å². The monoisotopic (exact) mass is 398 g/mol. The fourth-order valence-electron chi connectivity index (χ4n) is 2.63. The maximum Gasteiger partial charge on any atom is 0.237 e. The largest absolute Gasteiger partial charge is 0.486 e. The van der Waals surface area contributed by atoms with Crippen molar-refractivity contribution in [2.75, 3.05) is 24.4 Å². The quantitative estimate of drug-likeness (QED) is 0.495. The number of carbonyl (C=O) groups is 1. The summed E-state index contributed by atoms with van der Waals surface area (Å²) in [4.78, 5) is 16.6. The molecule has 1 aliphatic rings. The molecule has 10 heteroatoms. The van der Waals surface area contributed by atoms with Crippen LogP contribution in [-0.4, -0.2) is 44.2 Å². The lowest BCUT2D eigenvalue weighted by molar-refractivity contribution is -0.115. The first-order chi connectivity index (χ1) is 13.6. The number of rotatable bonds is 5. The van der Waals surface area contributed by atoms with Gasteiger partial charge in [0.05, 0.1) is 5.25 Å². The van der Waals surface area contributed by atoms with Gasteiger partial charge in [-0.05, 0) is 31.2 Å².